The molecule has 0 atom stereocenters. The minimum Gasteiger partial charge on any atom is -0.497 e. The zero-order chi connectivity index (χ0) is 25.3. The zero-order valence-electron chi connectivity index (χ0n) is 21.0. The molecule has 4 rings (SSSR count). The summed E-state index contributed by atoms with van der Waals surface area (Å²) in [5.41, 5.74) is 4.90. The highest BCUT2D eigenvalue weighted by Gasteiger charge is 2.27. The summed E-state index contributed by atoms with van der Waals surface area (Å²) in [6.45, 7) is 0.484. The number of carbonyl (C=O) groups excluding carboxylic acids is 2. The van der Waals surface area contributed by atoms with E-state index in [1.165, 1.54) is 19.6 Å². The number of amides is 1. The van der Waals surface area contributed by atoms with E-state index in [1.54, 1.807) is 13.2 Å². The van der Waals surface area contributed by atoms with E-state index in [4.69, 9.17) is 9.47 Å². The quantitative estimate of drug-likeness (QED) is 0.265. The van der Waals surface area contributed by atoms with Gasteiger partial charge < -0.3 is 14.4 Å². The van der Waals surface area contributed by atoms with Gasteiger partial charge in [0.2, 0.25) is 5.91 Å². The van der Waals surface area contributed by atoms with Gasteiger partial charge in [0.15, 0.2) is 0 Å². The first-order valence-electron chi connectivity index (χ1n) is 12.5. The van der Waals surface area contributed by atoms with Crippen LogP contribution in [-0.4, -0.2) is 26.1 Å². The number of esters is 1. The molecule has 0 aliphatic heterocycles. The van der Waals surface area contributed by atoms with E-state index in [9.17, 15) is 9.59 Å². The van der Waals surface area contributed by atoms with Gasteiger partial charge in [0, 0.05) is 17.7 Å². The number of ether oxygens (including phenoxy) is 2. The standard InChI is InChI=1S/C31H33NO4/c1-35-29-13-7-11-27(21-29)25-17-14-24(15-18-25)22-32(31(34)26-9-4-3-5-10-26)28-12-6-8-23(20-28)16-19-30(33)36-2/h6-8,11-21,26H,3-5,9-10,22H2,1-2H3/b19-16+. The number of methoxy groups -OCH3 is 2. The van der Waals surface area contributed by atoms with Gasteiger partial charge in [0.25, 0.3) is 0 Å². The maximum absolute atomic E-state index is 13.7. The second-order valence-corrected chi connectivity index (χ2v) is 9.14. The first kappa shape index (κ1) is 25.2. The number of hydrogen-bond acceptors (Lipinski definition) is 4. The lowest BCUT2D eigenvalue weighted by atomic mass is 9.88. The molecule has 1 amide bonds. The van der Waals surface area contributed by atoms with Gasteiger partial charge in [-0.05, 0) is 65.4 Å². The third-order valence-corrected chi connectivity index (χ3v) is 6.71. The van der Waals surface area contributed by atoms with E-state index in [-0.39, 0.29) is 11.8 Å². The van der Waals surface area contributed by atoms with Gasteiger partial charge in [0.1, 0.15) is 5.75 Å². The van der Waals surface area contributed by atoms with Crippen molar-refractivity contribution in [2.75, 3.05) is 19.1 Å². The highest BCUT2D eigenvalue weighted by Crippen LogP contribution is 2.30. The molecule has 5 nitrogen and oxygen atoms in total. The fourth-order valence-corrected chi connectivity index (χ4v) is 4.68. The van der Waals surface area contributed by atoms with Crippen LogP contribution in [0.1, 0.15) is 43.2 Å². The smallest absolute Gasteiger partial charge is 0.330 e. The molecule has 0 spiro atoms. The Morgan fingerprint density at radius 1 is 0.889 bits per heavy atom. The number of hydrogen-bond donors (Lipinski definition) is 0. The van der Waals surface area contributed by atoms with Crippen LogP contribution >= 0.6 is 0 Å². The third-order valence-electron chi connectivity index (χ3n) is 6.71. The molecular formula is C31H33NO4. The van der Waals surface area contributed by atoms with Crippen molar-refractivity contribution in [3.63, 3.8) is 0 Å². The van der Waals surface area contributed by atoms with Crippen molar-refractivity contribution < 1.29 is 19.1 Å². The van der Waals surface area contributed by atoms with Crippen LogP contribution in [0, 0.1) is 5.92 Å². The fraction of sp³-hybridized carbons (Fsp3) is 0.290. The lowest BCUT2D eigenvalue weighted by Crippen LogP contribution is -2.36. The van der Waals surface area contributed by atoms with Gasteiger partial charge in [-0.15, -0.1) is 0 Å². The molecule has 0 N–H and O–H groups in total. The maximum Gasteiger partial charge on any atom is 0.330 e. The molecular weight excluding hydrogens is 450 g/mol. The molecule has 1 fully saturated rings. The largest absolute Gasteiger partial charge is 0.497 e. The molecule has 3 aromatic rings. The van der Waals surface area contributed by atoms with Gasteiger partial charge in [0.05, 0.1) is 20.8 Å². The Hall–Kier alpha value is -3.86. The first-order valence-corrected chi connectivity index (χ1v) is 12.5. The summed E-state index contributed by atoms with van der Waals surface area (Å²) in [4.78, 5) is 27.1. The lowest BCUT2D eigenvalue weighted by molar-refractivity contribution is -0.134. The summed E-state index contributed by atoms with van der Waals surface area (Å²) in [6, 6.07) is 24.1. The molecule has 0 radical (unpaired) electrons. The number of rotatable bonds is 8. The Labute approximate surface area is 213 Å². The third kappa shape index (κ3) is 6.42. The zero-order valence-corrected chi connectivity index (χ0v) is 21.0. The molecule has 3 aromatic carbocycles. The molecule has 0 bridgehead atoms. The normalized spacial score (nSPS) is 13.9. The second-order valence-electron chi connectivity index (χ2n) is 9.14. The van der Waals surface area contributed by atoms with Crippen molar-refractivity contribution in [3.8, 4) is 16.9 Å². The number of nitrogens with zero attached hydrogens (tertiary/aromatic N) is 1. The van der Waals surface area contributed by atoms with Crippen LogP contribution in [0.15, 0.2) is 78.9 Å². The van der Waals surface area contributed by atoms with Crippen molar-refractivity contribution in [2.45, 2.75) is 38.6 Å². The Bertz CT molecular complexity index is 1210. The highest BCUT2D eigenvalue weighted by molar-refractivity contribution is 5.95. The first-order chi connectivity index (χ1) is 17.6. The predicted molar refractivity (Wildman–Crippen MR) is 144 cm³/mol. The summed E-state index contributed by atoms with van der Waals surface area (Å²) in [6.07, 6.45) is 8.37. The van der Waals surface area contributed by atoms with E-state index >= 15 is 0 Å². The summed E-state index contributed by atoms with van der Waals surface area (Å²) < 4.78 is 10.1. The molecule has 0 saturated heterocycles. The van der Waals surface area contributed by atoms with E-state index in [0.717, 1.165) is 59.4 Å². The lowest BCUT2D eigenvalue weighted by Gasteiger charge is -2.30. The van der Waals surface area contributed by atoms with Gasteiger partial charge >= 0.3 is 5.97 Å². The van der Waals surface area contributed by atoms with Gasteiger partial charge in [-0.3, -0.25) is 4.79 Å². The minimum atomic E-state index is -0.410. The minimum absolute atomic E-state index is 0.0454. The van der Waals surface area contributed by atoms with E-state index in [1.807, 2.05) is 47.4 Å². The highest BCUT2D eigenvalue weighted by atomic mass is 16.5. The Morgan fingerprint density at radius 2 is 1.64 bits per heavy atom. The Balaban J connectivity index is 1.60. The second kappa shape index (κ2) is 12.2. The molecule has 0 heterocycles. The van der Waals surface area contributed by atoms with Gasteiger partial charge in [-0.1, -0.05) is 67.8 Å². The number of benzene rings is 3. The summed E-state index contributed by atoms with van der Waals surface area (Å²) in [7, 11) is 3.02. The average molecular weight is 484 g/mol. The van der Waals surface area contributed by atoms with Crippen LogP contribution in [-0.2, 0) is 20.9 Å². The summed E-state index contributed by atoms with van der Waals surface area (Å²) in [5.74, 6) is 0.623. The van der Waals surface area contributed by atoms with Crippen molar-refractivity contribution in [2.24, 2.45) is 5.92 Å². The molecule has 5 heteroatoms. The van der Waals surface area contributed by atoms with Crippen molar-refractivity contribution in [3.05, 3.63) is 90.0 Å². The molecule has 186 valence electrons. The molecule has 0 unspecified atom stereocenters. The van der Waals surface area contributed by atoms with Crippen LogP contribution in [0.4, 0.5) is 5.69 Å². The topological polar surface area (TPSA) is 55.8 Å². The van der Waals surface area contributed by atoms with Gasteiger partial charge in [-0.2, -0.15) is 0 Å². The maximum atomic E-state index is 13.7. The molecule has 36 heavy (non-hydrogen) atoms. The predicted octanol–water partition coefficient (Wildman–Crippen LogP) is 6.66. The number of anilines is 1. The van der Waals surface area contributed by atoms with Crippen molar-refractivity contribution >= 4 is 23.6 Å². The van der Waals surface area contributed by atoms with E-state index in [0.29, 0.717) is 6.54 Å². The van der Waals surface area contributed by atoms with Gasteiger partial charge in [-0.25, -0.2) is 4.79 Å². The molecule has 1 saturated carbocycles. The van der Waals surface area contributed by atoms with Crippen LogP contribution in [0.3, 0.4) is 0 Å². The molecule has 1 aliphatic rings. The van der Waals surface area contributed by atoms with Crippen LogP contribution in [0.2, 0.25) is 0 Å². The number of carbonyl (C=O) groups is 2. The van der Waals surface area contributed by atoms with Crippen LogP contribution in [0.25, 0.3) is 17.2 Å². The Kier molecular flexibility index (Phi) is 8.56. The van der Waals surface area contributed by atoms with Crippen molar-refractivity contribution in [1.82, 2.24) is 0 Å². The average Bonchev–Trinajstić information content (AvgIpc) is 2.95. The van der Waals surface area contributed by atoms with Crippen LogP contribution in [0.5, 0.6) is 5.75 Å². The summed E-state index contributed by atoms with van der Waals surface area (Å²) >= 11 is 0. The van der Waals surface area contributed by atoms with E-state index < -0.39 is 5.97 Å². The summed E-state index contributed by atoms with van der Waals surface area (Å²) in [5, 5.41) is 0. The fourth-order valence-electron chi connectivity index (χ4n) is 4.68. The monoisotopic (exact) mass is 483 g/mol. The van der Waals surface area contributed by atoms with E-state index in [2.05, 4.69) is 30.3 Å². The van der Waals surface area contributed by atoms with Crippen LogP contribution < -0.4 is 9.64 Å². The SMILES string of the molecule is COC(=O)/C=C/c1cccc(N(Cc2ccc(-c3cccc(OC)c3)cc2)C(=O)C2CCCCC2)c1. The molecule has 0 aromatic heterocycles. The molecule has 1 aliphatic carbocycles. The van der Waals surface area contributed by atoms with Crippen molar-refractivity contribution in [1.29, 1.82) is 0 Å². The Morgan fingerprint density at radius 3 is 2.36 bits per heavy atom.